The van der Waals surface area contributed by atoms with Crippen molar-refractivity contribution in [2.24, 2.45) is 0 Å². The Bertz CT molecular complexity index is 829. The molecule has 0 N–H and O–H groups in total. The molecule has 6 nitrogen and oxygen atoms in total. The van der Waals surface area contributed by atoms with Crippen LogP contribution in [0.15, 0.2) is 30.3 Å². The predicted molar refractivity (Wildman–Crippen MR) is 105 cm³/mol. The van der Waals surface area contributed by atoms with Gasteiger partial charge in [0.15, 0.2) is 0 Å². The fourth-order valence-corrected chi connectivity index (χ4v) is 2.95. The highest BCUT2D eigenvalue weighted by Gasteiger charge is 2.23. The van der Waals surface area contributed by atoms with Gasteiger partial charge in [0, 0.05) is 24.1 Å². The molecule has 0 atom stereocenters. The molecule has 0 fully saturated rings. The predicted octanol–water partition coefficient (Wildman–Crippen LogP) is 3.52. The lowest BCUT2D eigenvalue weighted by Crippen LogP contribution is -2.36. The molecule has 1 aromatic heterocycles. The van der Waals surface area contributed by atoms with E-state index in [-0.39, 0.29) is 12.5 Å². The van der Waals surface area contributed by atoms with Gasteiger partial charge >= 0.3 is 5.97 Å². The largest absolute Gasteiger partial charge is 0.497 e. The average Bonchev–Trinajstić information content (AvgIpc) is 2.87. The van der Waals surface area contributed by atoms with Crippen LogP contribution in [0.4, 0.5) is 0 Å². The van der Waals surface area contributed by atoms with Gasteiger partial charge in [0.2, 0.25) is 0 Å². The molecule has 0 spiro atoms. The summed E-state index contributed by atoms with van der Waals surface area (Å²) in [5.41, 5.74) is 2.69. The maximum atomic E-state index is 12.8. The number of hydrogen-bond acceptors (Lipinski definition) is 4. The Morgan fingerprint density at radius 1 is 1.11 bits per heavy atom. The quantitative estimate of drug-likeness (QED) is 0.754. The van der Waals surface area contributed by atoms with Crippen molar-refractivity contribution in [2.45, 2.75) is 40.2 Å². The second-order valence-corrected chi connectivity index (χ2v) is 7.57. The van der Waals surface area contributed by atoms with Gasteiger partial charge in [-0.05, 0) is 65.0 Å². The number of hydrogen-bond donors (Lipinski definition) is 0. The van der Waals surface area contributed by atoms with Crippen molar-refractivity contribution in [3.05, 3.63) is 47.3 Å². The first-order valence-electron chi connectivity index (χ1n) is 8.84. The second kappa shape index (κ2) is 7.86. The number of aryl methyl sites for hydroxylation is 1. The molecular formula is C21H28N2O4. The van der Waals surface area contributed by atoms with Gasteiger partial charge in [0.1, 0.15) is 17.9 Å². The lowest BCUT2D eigenvalue weighted by molar-refractivity contribution is -0.155. The molecule has 0 unspecified atom stereocenters. The Morgan fingerprint density at radius 3 is 2.22 bits per heavy atom. The van der Waals surface area contributed by atoms with Gasteiger partial charge in [-0.25, -0.2) is 0 Å². The maximum absolute atomic E-state index is 12.8. The van der Waals surface area contributed by atoms with E-state index in [9.17, 15) is 9.59 Å². The zero-order chi connectivity index (χ0) is 20.4. The number of ether oxygens (including phenoxy) is 2. The number of nitrogens with zero attached hydrogens (tertiary/aromatic N) is 2. The van der Waals surface area contributed by atoms with Gasteiger partial charge in [0.05, 0.1) is 12.7 Å². The Balaban J connectivity index is 2.23. The molecular weight excluding hydrogens is 344 g/mol. The second-order valence-electron chi connectivity index (χ2n) is 7.57. The fourth-order valence-electron chi connectivity index (χ4n) is 2.95. The molecule has 0 aliphatic rings. The lowest BCUT2D eigenvalue weighted by Gasteiger charge is -2.22. The Hall–Kier alpha value is -2.76. The number of carbonyl (C=O) groups is 2. The summed E-state index contributed by atoms with van der Waals surface area (Å²) in [6.07, 6.45) is 0. The number of rotatable bonds is 5. The molecule has 0 aliphatic carbocycles. The van der Waals surface area contributed by atoms with Crippen molar-refractivity contribution in [3.63, 3.8) is 0 Å². The van der Waals surface area contributed by atoms with Crippen LogP contribution in [0, 0.1) is 13.8 Å². The summed E-state index contributed by atoms with van der Waals surface area (Å²) < 4.78 is 12.5. The summed E-state index contributed by atoms with van der Waals surface area (Å²) in [7, 11) is 3.23. The Labute approximate surface area is 160 Å². The molecule has 0 bridgehead atoms. The summed E-state index contributed by atoms with van der Waals surface area (Å²) in [5.74, 6) is 0.130. The van der Waals surface area contributed by atoms with Crippen LogP contribution in [0.1, 0.15) is 42.5 Å². The van der Waals surface area contributed by atoms with Crippen molar-refractivity contribution >= 4 is 11.9 Å². The van der Waals surface area contributed by atoms with Gasteiger partial charge in [-0.1, -0.05) is 0 Å². The number of methoxy groups -OCH3 is 1. The summed E-state index contributed by atoms with van der Waals surface area (Å²) in [4.78, 5) is 26.2. The van der Waals surface area contributed by atoms with Crippen molar-refractivity contribution < 1.29 is 19.1 Å². The Morgan fingerprint density at radius 2 is 1.70 bits per heavy atom. The third kappa shape index (κ3) is 4.90. The normalized spacial score (nSPS) is 11.2. The van der Waals surface area contributed by atoms with Gasteiger partial charge in [-0.3, -0.25) is 9.59 Å². The summed E-state index contributed by atoms with van der Waals surface area (Å²) in [6, 6.07) is 9.48. The highest BCUT2D eigenvalue weighted by molar-refractivity contribution is 5.97. The van der Waals surface area contributed by atoms with E-state index in [2.05, 4.69) is 0 Å². The number of aromatic nitrogens is 1. The van der Waals surface area contributed by atoms with Crippen LogP contribution in [0.3, 0.4) is 0 Å². The first-order chi connectivity index (χ1) is 12.5. The maximum Gasteiger partial charge on any atom is 0.326 e. The standard InChI is InChI=1S/C21H28N2O4/c1-14-12-18(20(25)22(6)13-19(24)27-21(3,4)5)15(2)23(14)16-8-10-17(26-7)11-9-16/h8-12H,13H2,1-7H3. The van der Waals surface area contributed by atoms with Gasteiger partial charge in [-0.15, -0.1) is 0 Å². The van der Waals surface area contributed by atoms with Crippen LogP contribution < -0.4 is 4.74 Å². The molecule has 0 saturated heterocycles. The van der Waals surface area contributed by atoms with Gasteiger partial charge in [-0.2, -0.15) is 0 Å². The van der Waals surface area contributed by atoms with E-state index in [0.29, 0.717) is 5.56 Å². The zero-order valence-corrected chi connectivity index (χ0v) is 17.1. The van der Waals surface area contributed by atoms with Crippen molar-refractivity contribution in [3.8, 4) is 11.4 Å². The van der Waals surface area contributed by atoms with E-state index in [0.717, 1.165) is 22.8 Å². The molecule has 1 heterocycles. The third-order valence-electron chi connectivity index (χ3n) is 4.13. The van der Waals surface area contributed by atoms with Gasteiger partial charge in [0.25, 0.3) is 5.91 Å². The van der Waals surface area contributed by atoms with Crippen LogP contribution >= 0.6 is 0 Å². The van der Waals surface area contributed by atoms with E-state index >= 15 is 0 Å². The number of amides is 1. The van der Waals surface area contributed by atoms with Crippen LogP contribution in [-0.2, 0) is 9.53 Å². The third-order valence-corrected chi connectivity index (χ3v) is 4.13. The monoisotopic (exact) mass is 372 g/mol. The minimum atomic E-state index is -0.578. The van der Waals surface area contributed by atoms with E-state index in [1.54, 1.807) is 34.9 Å². The molecule has 2 aromatic rings. The van der Waals surface area contributed by atoms with Gasteiger partial charge < -0.3 is 18.9 Å². The molecule has 146 valence electrons. The molecule has 0 saturated carbocycles. The number of esters is 1. The minimum Gasteiger partial charge on any atom is -0.497 e. The fraction of sp³-hybridized carbons (Fsp3) is 0.429. The molecule has 0 aliphatic heterocycles. The van der Waals surface area contributed by atoms with E-state index in [1.165, 1.54) is 4.90 Å². The van der Waals surface area contributed by atoms with Crippen molar-refractivity contribution in [2.75, 3.05) is 20.7 Å². The number of likely N-dealkylation sites (N-methyl/N-ethyl adjacent to an activating group) is 1. The Kier molecular flexibility index (Phi) is 5.98. The number of carbonyl (C=O) groups excluding carboxylic acids is 2. The SMILES string of the molecule is COc1ccc(-n2c(C)cc(C(=O)N(C)CC(=O)OC(C)(C)C)c2C)cc1. The van der Waals surface area contributed by atoms with Crippen LogP contribution in [0.25, 0.3) is 5.69 Å². The first-order valence-corrected chi connectivity index (χ1v) is 8.84. The summed E-state index contributed by atoms with van der Waals surface area (Å²) in [5, 5.41) is 0. The average molecular weight is 372 g/mol. The van der Waals surface area contributed by atoms with Crippen LogP contribution in [0.2, 0.25) is 0 Å². The highest BCUT2D eigenvalue weighted by atomic mass is 16.6. The zero-order valence-electron chi connectivity index (χ0n) is 17.1. The topological polar surface area (TPSA) is 60.8 Å². The summed E-state index contributed by atoms with van der Waals surface area (Å²) >= 11 is 0. The molecule has 6 heteroatoms. The van der Waals surface area contributed by atoms with E-state index in [1.807, 2.05) is 48.7 Å². The molecule has 1 aromatic carbocycles. The van der Waals surface area contributed by atoms with Crippen molar-refractivity contribution in [1.82, 2.24) is 9.47 Å². The first kappa shape index (κ1) is 20.6. The van der Waals surface area contributed by atoms with Crippen LogP contribution in [-0.4, -0.2) is 47.6 Å². The minimum absolute atomic E-state index is 0.0949. The summed E-state index contributed by atoms with van der Waals surface area (Å²) in [6.45, 7) is 9.15. The van der Waals surface area contributed by atoms with E-state index in [4.69, 9.17) is 9.47 Å². The molecule has 2 rings (SSSR count). The molecule has 27 heavy (non-hydrogen) atoms. The molecule has 0 radical (unpaired) electrons. The van der Waals surface area contributed by atoms with Crippen molar-refractivity contribution in [1.29, 1.82) is 0 Å². The van der Waals surface area contributed by atoms with E-state index < -0.39 is 11.6 Å². The van der Waals surface area contributed by atoms with Crippen LogP contribution in [0.5, 0.6) is 5.75 Å². The smallest absolute Gasteiger partial charge is 0.326 e. The molecule has 1 amide bonds. The lowest BCUT2D eigenvalue weighted by atomic mass is 10.2. The number of benzene rings is 1. The highest BCUT2D eigenvalue weighted by Crippen LogP contribution is 2.23.